The van der Waals surface area contributed by atoms with Gasteiger partial charge in [0, 0.05) is 5.56 Å². The number of fused-ring (bicyclic) bond motifs is 1. The average Bonchev–Trinajstić information content (AvgIpc) is 2.62. The number of unbranched alkanes of at least 4 members (excludes halogenated alkanes) is 2. The van der Waals surface area contributed by atoms with E-state index in [1.165, 1.54) is 6.07 Å². The molecule has 2 aromatic carbocycles. The molecule has 2 aromatic rings. The summed E-state index contributed by atoms with van der Waals surface area (Å²) in [6.45, 7) is 2.15. The fourth-order valence-corrected chi connectivity index (χ4v) is 3.40. The molecule has 0 heterocycles. The lowest BCUT2D eigenvalue weighted by atomic mass is 9.86. The van der Waals surface area contributed by atoms with Crippen molar-refractivity contribution in [3.05, 3.63) is 75.9 Å². The Hall–Kier alpha value is -2.47. The summed E-state index contributed by atoms with van der Waals surface area (Å²) in [7, 11) is 0. The Morgan fingerprint density at radius 2 is 1.96 bits per heavy atom. The molecule has 0 saturated carbocycles. The summed E-state index contributed by atoms with van der Waals surface area (Å²) >= 11 is 0. The smallest absolute Gasteiger partial charge is 0.144 e. The summed E-state index contributed by atoms with van der Waals surface area (Å²) in [5.74, 6) is -0.653. The van der Waals surface area contributed by atoms with Gasteiger partial charge in [-0.25, -0.2) is 8.78 Å². The second-order valence-corrected chi connectivity index (χ2v) is 6.56. The monoisotopic (exact) mass is 337 g/mol. The summed E-state index contributed by atoms with van der Waals surface area (Å²) in [6, 6.07) is 10.6. The molecule has 0 atom stereocenters. The standard InChI is InChI=1S/C22H21F2N/c1-2-3-4-5-15-6-10-19(21(23)12-15)16-9-11-20-17(13-16)7-8-18(14-25)22(20)24/h6-10,12H,2-5,11,13H2,1H3. The SMILES string of the molecule is CCCCCc1ccc(C2=CCc3c(ccc(C#N)c3F)C2)c(F)c1. The van der Waals surface area contributed by atoms with E-state index >= 15 is 0 Å². The minimum Gasteiger partial charge on any atom is -0.206 e. The van der Waals surface area contributed by atoms with Crippen molar-refractivity contribution in [2.45, 2.75) is 45.4 Å². The third-order valence-corrected chi connectivity index (χ3v) is 4.84. The molecule has 1 aliphatic carbocycles. The maximum atomic E-state index is 14.6. The van der Waals surface area contributed by atoms with Crippen LogP contribution in [0.15, 0.2) is 36.4 Å². The third kappa shape index (κ3) is 3.64. The number of halogens is 2. The fourth-order valence-electron chi connectivity index (χ4n) is 3.40. The van der Waals surface area contributed by atoms with Crippen molar-refractivity contribution in [2.24, 2.45) is 0 Å². The first kappa shape index (κ1) is 17.4. The first-order valence-electron chi connectivity index (χ1n) is 8.82. The number of aryl methyl sites for hydroxylation is 1. The number of rotatable bonds is 5. The number of nitriles is 1. The molecule has 1 nitrogen and oxygen atoms in total. The van der Waals surface area contributed by atoms with Gasteiger partial charge in [-0.05, 0) is 60.1 Å². The number of nitrogens with zero attached hydrogens (tertiary/aromatic N) is 1. The Kier molecular flexibility index (Phi) is 5.28. The van der Waals surface area contributed by atoms with Gasteiger partial charge in [0.2, 0.25) is 0 Å². The van der Waals surface area contributed by atoms with Gasteiger partial charge in [-0.3, -0.25) is 0 Å². The molecule has 3 rings (SSSR count). The quantitative estimate of drug-likeness (QED) is 0.637. The van der Waals surface area contributed by atoms with E-state index in [-0.39, 0.29) is 11.4 Å². The maximum Gasteiger partial charge on any atom is 0.144 e. The maximum absolute atomic E-state index is 14.6. The van der Waals surface area contributed by atoms with E-state index in [9.17, 15) is 8.78 Å². The minimum absolute atomic E-state index is 0.0678. The average molecular weight is 337 g/mol. The summed E-state index contributed by atoms with van der Waals surface area (Å²) in [5, 5.41) is 8.93. The molecule has 0 saturated heterocycles. The molecule has 0 N–H and O–H groups in total. The molecule has 0 radical (unpaired) electrons. The Morgan fingerprint density at radius 3 is 2.68 bits per heavy atom. The lowest BCUT2D eigenvalue weighted by Gasteiger charge is -2.19. The Morgan fingerprint density at radius 1 is 1.12 bits per heavy atom. The molecule has 25 heavy (non-hydrogen) atoms. The van der Waals surface area contributed by atoms with Gasteiger partial charge in [-0.1, -0.05) is 44.0 Å². The zero-order chi connectivity index (χ0) is 17.8. The van der Waals surface area contributed by atoms with Crippen molar-refractivity contribution in [1.29, 1.82) is 5.26 Å². The van der Waals surface area contributed by atoms with Crippen molar-refractivity contribution in [3.63, 3.8) is 0 Å². The highest BCUT2D eigenvalue weighted by Gasteiger charge is 2.19. The van der Waals surface area contributed by atoms with E-state index in [4.69, 9.17) is 5.26 Å². The normalized spacial score (nSPS) is 13.1. The summed E-state index contributed by atoms with van der Waals surface area (Å²) in [6.07, 6.45) is 7.04. The summed E-state index contributed by atoms with van der Waals surface area (Å²) in [4.78, 5) is 0. The van der Waals surface area contributed by atoms with E-state index < -0.39 is 5.82 Å². The van der Waals surface area contributed by atoms with Crippen molar-refractivity contribution < 1.29 is 8.78 Å². The van der Waals surface area contributed by atoms with Gasteiger partial charge in [0.1, 0.15) is 17.7 Å². The molecule has 1 aliphatic rings. The van der Waals surface area contributed by atoms with Crippen molar-refractivity contribution in [2.75, 3.05) is 0 Å². The van der Waals surface area contributed by atoms with Crippen LogP contribution in [-0.4, -0.2) is 0 Å². The van der Waals surface area contributed by atoms with E-state index in [1.54, 1.807) is 12.1 Å². The van der Waals surface area contributed by atoms with Gasteiger partial charge < -0.3 is 0 Å². The summed E-state index contributed by atoms with van der Waals surface area (Å²) in [5.41, 5.74) is 3.96. The number of hydrogen-bond acceptors (Lipinski definition) is 1. The molecular formula is C22H21F2N. The predicted octanol–water partition coefficient (Wildman–Crippen LogP) is 5.75. The van der Waals surface area contributed by atoms with Crippen LogP contribution in [0.1, 0.15) is 54.0 Å². The number of hydrogen-bond donors (Lipinski definition) is 0. The van der Waals surface area contributed by atoms with Gasteiger partial charge >= 0.3 is 0 Å². The fraction of sp³-hybridized carbons (Fsp3) is 0.318. The Balaban J connectivity index is 1.82. The van der Waals surface area contributed by atoms with Crippen LogP contribution in [0.2, 0.25) is 0 Å². The molecule has 0 bridgehead atoms. The number of benzene rings is 2. The van der Waals surface area contributed by atoms with Gasteiger partial charge in [0.15, 0.2) is 0 Å². The molecule has 0 fully saturated rings. The molecular weight excluding hydrogens is 316 g/mol. The van der Waals surface area contributed by atoms with Gasteiger partial charge in [-0.2, -0.15) is 5.26 Å². The van der Waals surface area contributed by atoms with Gasteiger partial charge in [0.05, 0.1) is 5.56 Å². The van der Waals surface area contributed by atoms with Crippen LogP contribution in [0, 0.1) is 23.0 Å². The van der Waals surface area contributed by atoms with Crippen molar-refractivity contribution in [3.8, 4) is 6.07 Å². The zero-order valence-electron chi connectivity index (χ0n) is 14.4. The van der Waals surface area contributed by atoms with E-state index in [1.807, 2.05) is 24.3 Å². The van der Waals surface area contributed by atoms with Gasteiger partial charge in [0.25, 0.3) is 0 Å². The summed E-state index contributed by atoms with van der Waals surface area (Å²) < 4.78 is 28.8. The van der Waals surface area contributed by atoms with Crippen LogP contribution in [-0.2, 0) is 19.3 Å². The largest absolute Gasteiger partial charge is 0.206 e. The highest BCUT2D eigenvalue weighted by Crippen LogP contribution is 2.31. The molecule has 3 heteroatoms. The van der Waals surface area contributed by atoms with Crippen LogP contribution >= 0.6 is 0 Å². The molecule has 128 valence electrons. The topological polar surface area (TPSA) is 23.8 Å². The van der Waals surface area contributed by atoms with Crippen LogP contribution in [0.3, 0.4) is 0 Å². The van der Waals surface area contributed by atoms with E-state index in [2.05, 4.69) is 6.92 Å². The lowest BCUT2D eigenvalue weighted by Crippen LogP contribution is -2.07. The van der Waals surface area contributed by atoms with E-state index in [0.29, 0.717) is 24.0 Å². The van der Waals surface area contributed by atoms with Crippen LogP contribution in [0.5, 0.6) is 0 Å². The first-order chi connectivity index (χ1) is 12.1. The molecule has 0 aliphatic heterocycles. The second kappa shape index (κ2) is 7.61. The van der Waals surface area contributed by atoms with Crippen LogP contribution in [0.4, 0.5) is 8.78 Å². The molecule has 0 amide bonds. The first-order valence-corrected chi connectivity index (χ1v) is 8.82. The van der Waals surface area contributed by atoms with Crippen molar-refractivity contribution >= 4 is 5.57 Å². The van der Waals surface area contributed by atoms with Crippen LogP contribution in [0.25, 0.3) is 5.57 Å². The highest BCUT2D eigenvalue weighted by molar-refractivity contribution is 5.71. The highest BCUT2D eigenvalue weighted by atomic mass is 19.1. The van der Waals surface area contributed by atoms with Crippen molar-refractivity contribution in [1.82, 2.24) is 0 Å². The minimum atomic E-state index is -0.443. The van der Waals surface area contributed by atoms with Gasteiger partial charge in [-0.15, -0.1) is 0 Å². The molecule has 0 aromatic heterocycles. The zero-order valence-corrected chi connectivity index (χ0v) is 14.4. The lowest BCUT2D eigenvalue weighted by molar-refractivity contribution is 0.606. The van der Waals surface area contributed by atoms with E-state index in [0.717, 1.165) is 42.4 Å². The van der Waals surface area contributed by atoms with Crippen LogP contribution < -0.4 is 0 Å². The molecule has 0 unspecified atom stereocenters. The molecule has 0 spiro atoms. The Bertz CT molecular complexity index is 859. The Labute approximate surface area is 147 Å². The second-order valence-electron chi connectivity index (χ2n) is 6.56. The number of allylic oxidation sites excluding steroid dienone is 2. The third-order valence-electron chi connectivity index (χ3n) is 4.84. The predicted molar refractivity (Wildman–Crippen MR) is 96.1 cm³/mol.